The van der Waals surface area contributed by atoms with E-state index in [0.29, 0.717) is 17.2 Å². The average molecular weight is 378 g/mol. The van der Waals surface area contributed by atoms with Crippen LogP contribution in [0.3, 0.4) is 0 Å². The van der Waals surface area contributed by atoms with Gasteiger partial charge in [0.15, 0.2) is 0 Å². The molecular formula is C16H20BrN5O. The van der Waals surface area contributed by atoms with Crippen molar-refractivity contribution < 1.29 is 4.79 Å². The molecule has 1 aromatic carbocycles. The van der Waals surface area contributed by atoms with Crippen LogP contribution in [0.2, 0.25) is 0 Å². The van der Waals surface area contributed by atoms with Crippen LogP contribution in [-0.2, 0) is 0 Å². The van der Waals surface area contributed by atoms with E-state index in [2.05, 4.69) is 41.4 Å². The molecule has 0 bridgehead atoms. The van der Waals surface area contributed by atoms with Gasteiger partial charge < -0.3 is 15.5 Å². The maximum absolute atomic E-state index is 12.2. The molecule has 2 N–H and O–H groups in total. The normalized spacial score (nSPS) is 10.7. The van der Waals surface area contributed by atoms with Crippen LogP contribution in [0.25, 0.3) is 0 Å². The molecule has 2 rings (SSSR count). The number of aryl methyl sites for hydroxylation is 1. The lowest BCUT2D eigenvalue weighted by atomic mass is 10.2. The van der Waals surface area contributed by atoms with Gasteiger partial charge in [0.2, 0.25) is 5.95 Å². The number of aromatic nitrogens is 2. The highest BCUT2D eigenvalue weighted by Crippen LogP contribution is 2.23. The van der Waals surface area contributed by atoms with Crippen molar-refractivity contribution in [3.63, 3.8) is 0 Å². The minimum atomic E-state index is -0.241. The second kappa shape index (κ2) is 8.03. The predicted molar refractivity (Wildman–Crippen MR) is 95.9 cm³/mol. The van der Waals surface area contributed by atoms with Crippen LogP contribution >= 0.6 is 15.9 Å². The Hall–Kier alpha value is -1.99. The van der Waals surface area contributed by atoms with Gasteiger partial charge in [-0.1, -0.05) is 6.07 Å². The molecule has 1 aromatic heterocycles. The Labute approximate surface area is 144 Å². The van der Waals surface area contributed by atoms with E-state index in [4.69, 9.17) is 0 Å². The smallest absolute Gasteiger partial charge is 0.258 e. The van der Waals surface area contributed by atoms with Crippen LogP contribution in [-0.4, -0.2) is 48.0 Å². The first-order valence-electron chi connectivity index (χ1n) is 7.24. The molecule has 0 unspecified atom stereocenters. The van der Waals surface area contributed by atoms with Gasteiger partial charge in [-0.25, -0.2) is 9.97 Å². The minimum Gasteiger partial charge on any atom is -0.353 e. The van der Waals surface area contributed by atoms with Gasteiger partial charge in [0.1, 0.15) is 0 Å². The molecular weight excluding hydrogens is 358 g/mol. The summed E-state index contributed by atoms with van der Waals surface area (Å²) in [6.45, 7) is 3.62. The Morgan fingerprint density at radius 2 is 1.96 bits per heavy atom. The summed E-state index contributed by atoms with van der Waals surface area (Å²) >= 11 is 3.44. The third-order valence-corrected chi connectivity index (χ3v) is 3.79. The number of hydrogen-bond acceptors (Lipinski definition) is 5. The lowest BCUT2D eigenvalue weighted by Crippen LogP contribution is -2.21. The topological polar surface area (TPSA) is 70.2 Å². The van der Waals surface area contributed by atoms with Gasteiger partial charge in [0, 0.05) is 30.0 Å². The van der Waals surface area contributed by atoms with Gasteiger partial charge in [-0.2, -0.15) is 0 Å². The van der Waals surface area contributed by atoms with E-state index >= 15 is 0 Å². The number of halogens is 1. The summed E-state index contributed by atoms with van der Waals surface area (Å²) in [5.41, 5.74) is 2.25. The highest BCUT2D eigenvalue weighted by Gasteiger charge is 2.09. The molecule has 0 aliphatic rings. The van der Waals surface area contributed by atoms with Crippen molar-refractivity contribution in [2.24, 2.45) is 0 Å². The lowest BCUT2D eigenvalue weighted by Gasteiger charge is -2.10. The van der Waals surface area contributed by atoms with Gasteiger partial charge in [-0.05, 0) is 54.6 Å². The molecule has 2 aromatic rings. The van der Waals surface area contributed by atoms with Crippen molar-refractivity contribution in [1.29, 1.82) is 0 Å². The summed E-state index contributed by atoms with van der Waals surface area (Å²) < 4.78 is 0.841. The molecule has 0 spiro atoms. The fraction of sp³-hybridized carbons (Fsp3) is 0.312. The zero-order chi connectivity index (χ0) is 16.8. The molecule has 7 heteroatoms. The first-order chi connectivity index (χ1) is 11.0. The number of likely N-dealkylation sites (N-methyl/N-ethyl adjacent to an activating group) is 1. The van der Waals surface area contributed by atoms with E-state index in [1.807, 2.05) is 39.2 Å². The van der Waals surface area contributed by atoms with Gasteiger partial charge in [0.05, 0.1) is 11.3 Å². The fourth-order valence-electron chi connectivity index (χ4n) is 1.84. The summed E-state index contributed by atoms with van der Waals surface area (Å²) in [6.07, 6.45) is 3.03. The van der Waals surface area contributed by atoms with E-state index in [0.717, 1.165) is 23.1 Å². The van der Waals surface area contributed by atoms with Crippen LogP contribution < -0.4 is 10.6 Å². The van der Waals surface area contributed by atoms with E-state index < -0.39 is 0 Å². The molecule has 0 aliphatic carbocycles. The third kappa shape index (κ3) is 5.30. The van der Waals surface area contributed by atoms with Gasteiger partial charge in [-0.3, -0.25) is 4.79 Å². The predicted octanol–water partition coefficient (Wildman–Crippen LogP) is 2.77. The fourth-order valence-corrected chi connectivity index (χ4v) is 2.44. The number of carbonyl (C=O) groups excluding carboxylic acids is 1. The first-order valence-corrected chi connectivity index (χ1v) is 8.03. The van der Waals surface area contributed by atoms with Crippen LogP contribution in [0.1, 0.15) is 15.9 Å². The van der Waals surface area contributed by atoms with Crippen molar-refractivity contribution in [2.75, 3.05) is 37.8 Å². The van der Waals surface area contributed by atoms with E-state index in [1.54, 1.807) is 0 Å². The van der Waals surface area contributed by atoms with Crippen molar-refractivity contribution in [3.8, 4) is 0 Å². The van der Waals surface area contributed by atoms with Crippen molar-refractivity contribution >= 4 is 33.5 Å². The standard InChI is InChI=1S/C16H20BrN5O/c1-11-4-5-14(13(17)8-11)21-15(23)12-9-19-16(20-10-12)18-6-7-22(2)3/h4-5,8-10H,6-7H2,1-3H3,(H,21,23)(H,18,19,20). The molecule has 6 nitrogen and oxygen atoms in total. The molecule has 0 saturated heterocycles. The van der Waals surface area contributed by atoms with E-state index in [1.165, 1.54) is 12.4 Å². The van der Waals surface area contributed by atoms with E-state index in [9.17, 15) is 4.79 Å². The Bertz CT molecular complexity index is 673. The number of benzene rings is 1. The molecule has 1 heterocycles. The van der Waals surface area contributed by atoms with Crippen LogP contribution in [0.5, 0.6) is 0 Å². The Morgan fingerprint density at radius 3 is 2.57 bits per heavy atom. The first kappa shape index (κ1) is 17.4. The molecule has 1 amide bonds. The third-order valence-electron chi connectivity index (χ3n) is 3.13. The highest BCUT2D eigenvalue weighted by atomic mass is 79.9. The molecule has 23 heavy (non-hydrogen) atoms. The van der Waals surface area contributed by atoms with Crippen LogP contribution in [0.4, 0.5) is 11.6 Å². The van der Waals surface area contributed by atoms with Crippen molar-refractivity contribution in [3.05, 3.63) is 46.2 Å². The van der Waals surface area contributed by atoms with Gasteiger partial charge in [0.25, 0.3) is 5.91 Å². The lowest BCUT2D eigenvalue weighted by molar-refractivity contribution is 0.102. The van der Waals surface area contributed by atoms with Gasteiger partial charge >= 0.3 is 0 Å². The molecule has 0 atom stereocenters. The maximum atomic E-state index is 12.2. The van der Waals surface area contributed by atoms with Gasteiger partial charge in [-0.15, -0.1) is 0 Å². The summed E-state index contributed by atoms with van der Waals surface area (Å²) in [5.74, 6) is 0.273. The summed E-state index contributed by atoms with van der Waals surface area (Å²) in [6, 6.07) is 5.74. The molecule has 0 fully saturated rings. The monoisotopic (exact) mass is 377 g/mol. The molecule has 122 valence electrons. The summed E-state index contributed by atoms with van der Waals surface area (Å²) in [5, 5.41) is 5.94. The minimum absolute atomic E-state index is 0.241. The quantitative estimate of drug-likeness (QED) is 0.809. The largest absolute Gasteiger partial charge is 0.353 e. The SMILES string of the molecule is Cc1ccc(NC(=O)c2cnc(NCCN(C)C)nc2)c(Br)c1. The number of anilines is 2. The highest BCUT2D eigenvalue weighted by molar-refractivity contribution is 9.10. The number of rotatable bonds is 6. The second-order valence-corrected chi connectivity index (χ2v) is 6.32. The number of nitrogens with zero attached hydrogens (tertiary/aromatic N) is 3. The Kier molecular flexibility index (Phi) is 6.06. The maximum Gasteiger partial charge on any atom is 0.258 e. The zero-order valence-electron chi connectivity index (χ0n) is 13.4. The molecule has 0 aliphatic heterocycles. The summed E-state index contributed by atoms with van der Waals surface area (Å²) in [7, 11) is 4.00. The molecule has 0 saturated carbocycles. The molecule has 0 radical (unpaired) electrons. The number of amides is 1. The van der Waals surface area contributed by atoms with Crippen molar-refractivity contribution in [1.82, 2.24) is 14.9 Å². The average Bonchev–Trinajstić information content (AvgIpc) is 2.50. The van der Waals surface area contributed by atoms with Crippen LogP contribution in [0.15, 0.2) is 35.1 Å². The van der Waals surface area contributed by atoms with Crippen LogP contribution in [0, 0.1) is 6.92 Å². The number of nitrogens with one attached hydrogen (secondary N) is 2. The van der Waals surface area contributed by atoms with Crippen molar-refractivity contribution in [2.45, 2.75) is 6.92 Å². The Balaban J connectivity index is 1.97. The second-order valence-electron chi connectivity index (χ2n) is 5.46. The summed E-state index contributed by atoms with van der Waals surface area (Å²) in [4.78, 5) is 22.6. The number of carbonyl (C=O) groups is 1. The zero-order valence-corrected chi connectivity index (χ0v) is 15.0. The number of hydrogen-bond donors (Lipinski definition) is 2. The van der Waals surface area contributed by atoms with E-state index in [-0.39, 0.29) is 5.91 Å². The Morgan fingerprint density at radius 1 is 1.26 bits per heavy atom.